The predicted molar refractivity (Wildman–Crippen MR) is 91.0 cm³/mol. The molecule has 0 aromatic heterocycles. The van der Waals surface area contributed by atoms with Crippen LogP contribution in [0.15, 0.2) is 42.5 Å². The SMILES string of the molecule is CCc1ccc(OC)c(C(CN)Cc2ccc([N+](=O)[O-])cc2)c1. The maximum absolute atomic E-state index is 10.7. The zero-order valence-corrected chi connectivity index (χ0v) is 13.5. The average Bonchev–Trinajstić information content (AvgIpc) is 2.59. The molecule has 0 fully saturated rings. The Kier molecular flexibility index (Phi) is 5.71. The van der Waals surface area contributed by atoms with Gasteiger partial charge in [-0.25, -0.2) is 0 Å². The maximum atomic E-state index is 10.7. The average molecular weight is 314 g/mol. The number of non-ortho nitro benzene ring substituents is 1. The molecule has 5 nitrogen and oxygen atoms in total. The Balaban J connectivity index is 2.27. The van der Waals surface area contributed by atoms with Gasteiger partial charge in [0.2, 0.25) is 0 Å². The van der Waals surface area contributed by atoms with Crippen LogP contribution < -0.4 is 10.5 Å². The van der Waals surface area contributed by atoms with Gasteiger partial charge in [-0.2, -0.15) is 0 Å². The van der Waals surface area contributed by atoms with E-state index in [1.807, 2.05) is 6.07 Å². The van der Waals surface area contributed by atoms with Crippen molar-refractivity contribution >= 4 is 5.69 Å². The zero-order valence-electron chi connectivity index (χ0n) is 13.5. The van der Waals surface area contributed by atoms with Gasteiger partial charge in [0.05, 0.1) is 12.0 Å². The first-order valence-electron chi connectivity index (χ1n) is 7.69. The van der Waals surface area contributed by atoms with Crippen LogP contribution in [0.4, 0.5) is 5.69 Å². The van der Waals surface area contributed by atoms with Crippen molar-refractivity contribution in [1.82, 2.24) is 0 Å². The van der Waals surface area contributed by atoms with E-state index in [0.717, 1.165) is 29.7 Å². The summed E-state index contributed by atoms with van der Waals surface area (Å²) in [5.41, 5.74) is 9.44. The molecule has 0 saturated carbocycles. The third-order valence-electron chi connectivity index (χ3n) is 4.06. The van der Waals surface area contributed by atoms with E-state index in [9.17, 15) is 10.1 Å². The fourth-order valence-corrected chi connectivity index (χ4v) is 2.68. The molecule has 2 N–H and O–H groups in total. The number of rotatable bonds is 7. The van der Waals surface area contributed by atoms with Crippen LogP contribution in [-0.4, -0.2) is 18.6 Å². The first-order chi connectivity index (χ1) is 11.1. The highest BCUT2D eigenvalue weighted by atomic mass is 16.6. The van der Waals surface area contributed by atoms with Gasteiger partial charge in [-0.3, -0.25) is 10.1 Å². The molecule has 0 amide bonds. The summed E-state index contributed by atoms with van der Waals surface area (Å²) in [6.45, 7) is 2.60. The van der Waals surface area contributed by atoms with Crippen molar-refractivity contribution in [2.45, 2.75) is 25.7 Å². The van der Waals surface area contributed by atoms with Crippen molar-refractivity contribution in [2.75, 3.05) is 13.7 Å². The van der Waals surface area contributed by atoms with Gasteiger partial charge in [0.15, 0.2) is 0 Å². The minimum absolute atomic E-state index is 0.101. The fraction of sp³-hybridized carbons (Fsp3) is 0.333. The molecular weight excluding hydrogens is 292 g/mol. The summed E-state index contributed by atoms with van der Waals surface area (Å²) < 4.78 is 5.47. The molecule has 2 rings (SSSR count). The summed E-state index contributed by atoms with van der Waals surface area (Å²) in [5, 5.41) is 10.7. The van der Waals surface area contributed by atoms with Gasteiger partial charge >= 0.3 is 0 Å². The van der Waals surface area contributed by atoms with Gasteiger partial charge < -0.3 is 10.5 Å². The van der Waals surface area contributed by atoms with E-state index in [0.29, 0.717) is 6.54 Å². The van der Waals surface area contributed by atoms with Crippen molar-refractivity contribution < 1.29 is 9.66 Å². The van der Waals surface area contributed by atoms with Crippen LogP contribution in [0.3, 0.4) is 0 Å². The lowest BCUT2D eigenvalue weighted by Gasteiger charge is -2.19. The van der Waals surface area contributed by atoms with Crippen LogP contribution in [0.5, 0.6) is 5.75 Å². The molecule has 0 radical (unpaired) electrons. The van der Waals surface area contributed by atoms with Crippen LogP contribution in [-0.2, 0) is 12.8 Å². The molecule has 5 heteroatoms. The second kappa shape index (κ2) is 7.74. The molecule has 0 spiro atoms. The highest BCUT2D eigenvalue weighted by Crippen LogP contribution is 2.30. The van der Waals surface area contributed by atoms with Gasteiger partial charge in [-0.15, -0.1) is 0 Å². The third kappa shape index (κ3) is 4.07. The smallest absolute Gasteiger partial charge is 0.269 e. The molecule has 0 aliphatic heterocycles. The molecule has 122 valence electrons. The molecule has 0 bridgehead atoms. The third-order valence-corrected chi connectivity index (χ3v) is 4.06. The Labute approximate surface area is 136 Å². The number of hydrogen-bond acceptors (Lipinski definition) is 4. The predicted octanol–water partition coefficient (Wildman–Crippen LogP) is 3.45. The number of aryl methyl sites for hydroxylation is 1. The second-order valence-corrected chi connectivity index (χ2v) is 5.49. The number of methoxy groups -OCH3 is 1. The number of nitrogens with two attached hydrogens (primary N) is 1. The summed E-state index contributed by atoms with van der Waals surface area (Å²) in [7, 11) is 1.66. The normalized spacial score (nSPS) is 12.0. The van der Waals surface area contributed by atoms with Gasteiger partial charge in [0.1, 0.15) is 5.75 Å². The Bertz CT molecular complexity index is 668. The van der Waals surface area contributed by atoms with Gasteiger partial charge in [-0.1, -0.05) is 31.2 Å². The Hall–Kier alpha value is -2.40. The number of nitro benzene ring substituents is 1. The van der Waals surface area contributed by atoms with Crippen LogP contribution in [0.25, 0.3) is 0 Å². The largest absolute Gasteiger partial charge is 0.496 e. The Morgan fingerprint density at radius 2 is 1.83 bits per heavy atom. The Morgan fingerprint density at radius 1 is 1.17 bits per heavy atom. The zero-order chi connectivity index (χ0) is 16.8. The van der Waals surface area contributed by atoms with Crippen molar-refractivity contribution in [3.8, 4) is 5.75 Å². The van der Waals surface area contributed by atoms with Crippen LogP contribution in [0.1, 0.15) is 29.5 Å². The summed E-state index contributed by atoms with van der Waals surface area (Å²) in [5.74, 6) is 0.942. The molecule has 2 aromatic rings. The maximum Gasteiger partial charge on any atom is 0.269 e. The van der Waals surface area contributed by atoms with Crippen molar-refractivity contribution in [3.63, 3.8) is 0 Å². The van der Waals surface area contributed by atoms with Crippen LogP contribution >= 0.6 is 0 Å². The molecular formula is C18H22N2O3. The van der Waals surface area contributed by atoms with Crippen molar-refractivity contribution in [2.24, 2.45) is 5.73 Å². The van der Waals surface area contributed by atoms with Crippen LogP contribution in [0.2, 0.25) is 0 Å². The molecule has 1 unspecified atom stereocenters. The van der Waals surface area contributed by atoms with E-state index in [1.165, 1.54) is 17.7 Å². The van der Waals surface area contributed by atoms with E-state index < -0.39 is 4.92 Å². The minimum atomic E-state index is -0.391. The summed E-state index contributed by atoms with van der Waals surface area (Å²) in [4.78, 5) is 10.3. The minimum Gasteiger partial charge on any atom is -0.496 e. The fourth-order valence-electron chi connectivity index (χ4n) is 2.68. The number of ether oxygens (including phenoxy) is 1. The van der Waals surface area contributed by atoms with Gasteiger partial charge in [-0.05, 0) is 42.1 Å². The molecule has 2 aromatic carbocycles. The van der Waals surface area contributed by atoms with Crippen LogP contribution in [0, 0.1) is 10.1 Å². The van der Waals surface area contributed by atoms with E-state index in [1.54, 1.807) is 19.2 Å². The molecule has 0 heterocycles. The van der Waals surface area contributed by atoms with E-state index >= 15 is 0 Å². The quantitative estimate of drug-likeness (QED) is 0.627. The number of hydrogen-bond donors (Lipinski definition) is 1. The van der Waals surface area contributed by atoms with E-state index in [4.69, 9.17) is 10.5 Å². The molecule has 0 aliphatic rings. The molecule has 23 heavy (non-hydrogen) atoms. The molecule has 0 saturated heterocycles. The Morgan fingerprint density at radius 3 is 2.35 bits per heavy atom. The summed E-state index contributed by atoms with van der Waals surface area (Å²) >= 11 is 0. The molecule has 0 aliphatic carbocycles. The lowest BCUT2D eigenvalue weighted by molar-refractivity contribution is -0.384. The lowest BCUT2D eigenvalue weighted by Crippen LogP contribution is -2.16. The van der Waals surface area contributed by atoms with Crippen molar-refractivity contribution in [3.05, 3.63) is 69.3 Å². The summed E-state index contributed by atoms with van der Waals surface area (Å²) in [6.07, 6.45) is 1.67. The number of benzene rings is 2. The van der Waals surface area contributed by atoms with E-state index in [-0.39, 0.29) is 11.6 Å². The first kappa shape index (κ1) is 17.0. The molecule has 1 atom stereocenters. The standard InChI is InChI=1S/C18H22N2O3/c1-3-13-6-9-18(23-2)17(11-13)15(12-19)10-14-4-7-16(8-5-14)20(21)22/h4-9,11,15H,3,10,12,19H2,1-2H3. The topological polar surface area (TPSA) is 78.4 Å². The second-order valence-electron chi connectivity index (χ2n) is 5.49. The van der Waals surface area contributed by atoms with Crippen molar-refractivity contribution in [1.29, 1.82) is 0 Å². The first-order valence-corrected chi connectivity index (χ1v) is 7.69. The lowest BCUT2D eigenvalue weighted by atomic mass is 9.90. The van der Waals surface area contributed by atoms with E-state index in [2.05, 4.69) is 19.1 Å². The number of nitrogens with zero attached hydrogens (tertiary/aromatic N) is 1. The van der Waals surface area contributed by atoms with Gasteiger partial charge in [0, 0.05) is 18.1 Å². The monoisotopic (exact) mass is 314 g/mol. The highest BCUT2D eigenvalue weighted by molar-refractivity contribution is 5.41. The highest BCUT2D eigenvalue weighted by Gasteiger charge is 2.17. The summed E-state index contributed by atoms with van der Waals surface area (Å²) in [6, 6.07) is 12.8. The van der Waals surface area contributed by atoms with Gasteiger partial charge in [0.25, 0.3) is 5.69 Å². The number of nitro groups is 1.